The standard InChI is InChI=1S/C17H29N3O/c1-3-5-15-6-7-16(13-18)17(12-15)20-9-4-8-19(10-11-20)14(2)21/h15-17H,3-12H2,1-2H3. The van der Waals surface area contributed by atoms with Gasteiger partial charge in [0.2, 0.25) is 5.91 Å². The number of carbonyl (C=O) groups is 1. The normalized spacial score (nSPS) is 31.5. The lowest BCUT2D eigenvalue weighted by atomic mass is 9.76. The molecule has 3 unspecified atom stereocenters. The molecule has 0 N–H and O–H groups in total. The molecule has 3 atom stereocenters. The van der Waals surface area contributed by atoms with E-state index < -0.39 is 0 Å². The van der Waals surface area contributed by atoms with Gasteiger partial charge in [0.05, 0.1) is 12.0 Å². The summed E-state index contributed by atoms with van der Waals surface area (Å²) in [6.07, 6.45) is 7.02. The molecule has 1 heterocycles. The van der Waals surface area contributed by atoms with Gasteiger partial charge >= 0.3 is 0 Å². The molecule has 1 amide bonds. The van der Waals surface area contributed by atoms with Crippen molar-refractivity contribution in [3.8, 4) is 6.07 Å². The van der Waals surface area contributed by atoms with E-state index in [1.807, 2.05) is 4.90 Å². The molecular weight excluding hydrogens is 262 g/mol. The van der Waals surface area contributed by atoms with Crippen LogP contribution in [0.3, 0.4) is 0 Å². The average Bonchev–Trinajstić information content (AvgIpc) is 2.73. The van der Waals surface area contributed by atoms with Crippen LogP contribution in [0.4, 0.5) is 0 Å². The van der Waals surface area contributed by atoms with E-state index in [-0.39, 0.29) is 11.8 Å². The maximum absolute atomic E-state index is 11.5. The molecule has 0 radical (unpaired) electrons. The Hall–Kier alpha value is -1.08. The number of hydrogen-bond donors (Lipinski definition) is 0. The number of amides is 1. The molecule has 0 spiro atoms. The van der Waals surface area contributed by atoms with Crippen molar-refractivity contribution < 1.29 is 4.79 Å². The molecule has 21 heavy (non-hydrogen) atoms. The fourth-order valence-electron chi connectivity index (χ4n) is 4.04. The fraction of sp³-hybridized carbons (Fsp3) is 0.882. The molecule has 118 valence electrons. The van der Waals surface area contributed by atoms with E-state index >= 15 is 0 Å². The molecule has 1 aliphatic carbocycles. The van der Waals surface area contributed by atoms with E-state index in [1.165, 1.54) is 25.7 Å². The second kappa shape index (κ2) is 7.79. The monoisotopic (exact) mass is 291 g/mol. The minimum atomic E-state index is 0.182. The topological polar surface area (TPSA) is 47.3 Å². The van der Waals surface area contributed by atoms with Gasteiger partial charge in [-0.15, -0.1) is 0 Å². The van der Waals surface area contributed by atoms with E-state index in [2.05, 4.69) is 17.9 Å². The first-order valence-electron chi connectivity index (χ1n) is 8.54. The van der Waals surface area contributed by atoms with Crippen molar-refractivity contribution >= 4 is 5.91 Å². The number of nitriles is 1. The third-order valence-corrected chi connectivity index (χ3v) is 5.23. The highest BCUT2D eigenvalue weighted by Crippen LogP contribution is 2.34. The maximum atomic E-state index is 11.5. The van der Waals surface area contributed by atoms with E-state index in [1.54, 1.807) is 6.92 Å². The van der Waals surface area contributed by atoms with Gasteiger partial charge in [0, 0.05) is 39.1 Å². The van der Waals surface area contributed by atoms with Crippen molar-refractivity contribution in [3.05, 3.63) is 0 Å². The first kappa shape index (κ1) is 16.3. The number of nitrogens with zero attached hydrogens (tertiary/aromatic N) is 3. The highest BCUT2D eigenvalue weighted by Gasteiger charge is 2.34. The SMILES string of the molecule is CCCC1CCC(C#N)C(N2CCCN(C(C)=O)CC2)C1. The zero-order valence-corrected chi connectivity index (χ0v) is 13.6. The van der Waals surface area contributed by atoms with E-state index in [9.17, 15) is 10.1 Å². The summed E-state index contributed by atoms with van der Waals surface area (Å²) in [5, 5.41) is 9.48. The van der Waals surface area contributed by atoms with Gasteiger partial charge in [-0.25, -0.2) is 0 Å². The van der Waals surface area contributed by atoms with Gasteiger partial charge in [-0.2, -0.15) is 5.26 Å². The predicted octanol–water partition coefficient (Wildman–Crippen LogP) is 2.65. The van der Waals surface area contributed by atoms with Crippen LogP contribution < -0.4 is 0 Å². The van der Waals surface area contributed by atoms with Crippen LogP contribution in [-0.2, 0) is 4.79 Å². The Morgan fingerprint density at radius 3 is 2.71 bits per heavy atom. The summed E-state index contributed by atoms with van der Waals surface area (Å²) >= 11 is 0. The van der Waals surface area contributed by atoms with E-state index in [0.717, 1.165) is 44.9 Å². The molecule has 2 aliphatic rings. The first-order chi connectivity index (χ1) is 10.2. The lowest BCUT2D eigenvalue weighted by molar-refractivity contribution is -0.128. The zero-order valence-electron chi connectivity index (χ0n) is 13.6. The molecular formula is C17H29N3O. The molecule has 1 saturated heterocycles. The summed E-state index contributed by atoms with van der Waals surface area (Å²) in [6.45, 7) is 7.57. The molecule has 2 fully saturated rings. The molecule has 4 nitrogen and oxygen atoms in total. The van der Waals surface area contributed by atoms with Crippen LogP contribution in [-0.4, -0.2) is 47.9 Å². The van der Waals surface area contributed by atoms with E-state index in [4.69, 9.17) is 0 Å². The molecule has 4 heteroatoms. The molecule has 0 bridgehead atoms. The van der Waals surface area contributed by atoms with Gasteiger partial charge in [-0.1, -0.05) is 19.8 Å². The highest BCUT2D eigenvalue weighted by molar-refractivity contribution is 5.73. The number of carbonyl (C=O) groups excluding carboxylic acids is 1. The summed E-state index contributed by atoms with van der Waals surface area (Å²) in [5.74, 6) is 1.15. The Morgan fingerprint density at radius 2 is 2.05 bits per heavy atom. The van der Waals surface area contributed by atoms with Gasteiger partial charge in [0.1, 0.15) is 0 Å². The van der Waals surface area contributed by atoms with E-state index in [0.29, 0.717) is 6.04 Å². The van der Waals surface area contributed by atoms with Gasteiger partial charge in [-0.05, 0) is 31.6 Å². The van der Waals surface area contributed by atoms with Crippen LogP contribution >= 0.6 is 0 Å². The fourth-order valence-corrected chi connectivity index (χ4v) is 4.04. The van der Waals surface area contributed by atoms with Crippen molar-refractivity contribution in [3.63, 3.8) is 0 Å². The smallest absolute Gasteiger partial charge is 0.219 e. The van der Waals surface area contributed by atoms with Gasteiger partial charge in [0.15, 0.2) is 0 Å². The Bertz CT molecular complexity index is 390. The van der Waals surface area contributed by atoms with Crippen molar-refractivity contribution in [2.75, 3.05) is 26.2 Å². The largest absolute Gasteiger partial charge is 0.342 e. The molecule has 1 aliphatic heterocycles. The summed E-state index contributed by atoms with van der Waals surface area (Å²) < 4.78 is 0. The van der Waals surface area contributed by atoms with Crippen LogP contribution in [0.15, 0.2) is 0 Å². The van der Waals surface area contributed by atoms with Gasteiger partial charge in [0.25, 0.3) is 0 Å². The number of hydrogen-bond acceptors (Lipinski definition) is 3. The van der Waals surface area contributed by atoms with Gasteiger partial charge in [-0.3, -0.25) is 9.69 Å². The first-order valence-corrected chi connectivity index (χ1v) is 8.54. The summed E-state index contributed by atoms with van der Waals surface area (Å²) in [7, 11) is 0. The molecule has 1 saturated carbocycles. The Labute approximate surface area is 129 Å². The van der Waals surface area contributed by atoms with Crippen molar-refractivity contribution in [2.45, 2.75) is 58.4 Å². The average molecular weight is 291 g/mol. The summed E-state index contributed by atoms with van der Waals surface area (Å²) in [6, 6.07) is 2.96. The van der Waals surface area contributed by atoms with Crippen LogP contribution in [0, 0.1) is 23.2 Å². The highest BCUT2D eigenvalue weighted by atomic mass is 16.2. The van der Waals surface area contributed by atoms with Crippen LogP contribution in [0.1, 0.15) is 52.4 Å². The predicted molar refractivity (Wildman–Crippen MR) is 83.6 cm³/mol. The third-order valence-electron chi connectivity index (χ3n) is 5.23. The molecule has 0 aromatic heterocycles. The van der Waals surface area contributed by atoms with Crippen LogP contribution in [0.25, 0.3) is 0 Å². The van der Waals surface area contributed by atoms with Gasteiger partial charge < -0.3 is 4.90 Å². The lowest BCUT2D eigenvalue weighted by Crippen LogP contribution is -2.46. The minimum absolute atomic E-state index is 0.182. The molecule has 2 rings (SSSR count). The second-order valence-corrected chi connectivity index (χ2v) is 6.67. The quantitative estimate of drug-likeness (QED) is 0.803. The summed E-state index contributed by atoms with van der Waals surface area (Å²) in [5.41, 5.74) is 0. The second-order valence-electron chi connectivity index (χ2n) is 6.67. The third kappa shape index (κ3) is 4.20. The van der Waals surface area contributed by atoms with Crippen LogP contribution in [0.2, 0.25) is 0 Å². The zero-order chi connectivity index (χ0) is 15.2. The minimum Gasteiger partial charge on any atom is -0.342 e. The Kier molecular flexibility index (Phi) is 6.05. The van der Waals surface area contributed by atoms with Crippen molar-refractivity contribution in [1.82, 2.24) is 9.80 Å². The molecule has 0 aromatic carbocycles. The lowest BCUT2D eigenvalue weighted by Gasteiger charge is -2.40. The summed E-state index contributed by atoms with van der Waals surface area (Å²) in [4.78, 5) is 16.0. The number of rotatable bonds is 3. The Balaban J connectivity index is 1.99. The molecule has 0 aromatic rings. The van der Waals surface area contributed by atoms with Crippen LogP contribution in [0.5, 0.6) is 0 Å². The Morgan fingerprint density at radius 1 is 1.24 bits per heavy atom. The van der Waals surface area contributed by atoms with Crippen molar-refractivity contribution in [2.24, 2.45) is 11.8 Å². The van der Waals surface area contributed by atoms with Crippen molar-refractivity contribution in [1.29, 1.82) is 5.26 Å². The maximum Gasteiger partial charge on any atom is 0.219 e.